The zero-order valence-electron chi connectivity index (χ0n) is 24.9. The van der Waals surface area contributed by atoms with E-state index in [9.17, 15) is 0 Å². The summed E-state index contributed by atoms with van der Waals surface area (Å²) in [5.74, 6) is 0. The van der Waals surface area contributed by atoms with Gasteiger partial charge in [-0.2, -0.15) is 22.9 Å². The van der Waals surface area contributed by atoms with Crippen LogP contribution in [-0.4, -0.2) is 12.3 Å². The van der Waals surface area contributed by atoms with E-state index in [1.807, 2.05) is 0 Å². The molecule has 1 saturated carbocycles. The summed E-state index contributed by atoms with van der Waals surface area (Å²) in [5, 5.41) is -1.04. The second-order valence-corrected chi connectivity index (χ2v) is 17.4. The summed E-state index contributed by atoms with van der Waals surface area (Å²) >= 11 is 31.4. The fourth-order valence-corrected chi connectivity index (χ4v) is 11.6. The lowest BCUT2D eigenvalue weighted by atomic mass is 9.16. The molecule has 0 unspecified atom stereocenters. The van der Waals surface area contributed by atoms with Gasteiger partial charge in [0.2, 0.25) is 0 Å². The number of fused-ring (bicyclic) bond motifs is 2. The highest BCUT2D eigenvalue weighted by Gasteiger charge is 2.70. The van der Waals surface area contributed by atoms with Gasteiger partial charge >= 0.3 is 0 Å². The van der Waals surface area contributed by atoms with Crippen LogP contribution in [-0.2, 0) is 5.21 Å². The van der Waals surface area contributed by atoms with E-state index in [2.05, 4.69) is 161 Å². The van der Waals surface area contributed by atoms with Crippen molar-refractivity contribution in [3.8, 4) is 0 Å². The Morgan fingerprint density at radius 1 is 0.543 bits per heavy atom. The summed E-state index contributed by atoms with van der Waals surface area (Å²) in [4.78, 5) is 0. The lowest BCUT2D eigenvalue weighted by Crippen LogP contribution is -2.60. The summed E-state index contributed by atoms with van der Waals surface area (Å²) in [6.07, 6.45) is 5.47. The van der Waals surface area contributed by atoms with Gasteiger partial charge in [-0.25, -0.2) is 0 Å². The van der Waals surface area contributed by atoms with Crippen LogP contribution in [0.2, 0.25) is 5.31 Å². The molecule has 0 nitrogen and oxygen atoms in total. The smallest absolute Gasteiger partial charge is 0.194 e. The van der Waals surface area contributed by atoms with Crippen molar-refractivity contribution in [3.63, 3.8) is 0 Å². The minimum absolute atomic E-state index is 0.282. The molecule has 46 heavy (non-hydrogen) atoms. The monoisotopic (exact) mass is 892 g/mol. The summed E-state index contributed by atoms with van der Waals surface area (Å²) in [7, 11) is 0. The topological polar surface area (TPSA) is 0 Å². The molecule has 0 N–H and O–H groups in total. The minimum Gasteiger partial charge on any atom is -0.194 e. The predicted molar refractivity (Wildman–Crippen MR) is 213 cm³/mol. The van der Waals surface area contributed by atoms with Gasteiger partial charge in [0.05, 0.1) is 0 Å². The van der Waals surface area contributed by atoms with E-state index >= 15 is 0 Å². The van der Waals surface area contributed by atoms with E-state index in [1.54, 1.807) is 0 Å². The number of halogens is 6. The Kier molecular flexibility index (Phi) is 8.51. The maximum absolute atomic E-state index is 8.38. The molecule has 4 aromatic carbocycles. The van der Waals surface area contributed by atoms with Crippen LogP contribution in [0.4, 0.5) is 0 Å². The van der Waals surface area contributed by atoms with Crippen LogP contribution in [0.25, 0.3) is 16.6 Å². The third-order valence-corrected chi connectivity index (χ3v) is 14.2. The van der Waals surface area contributed by atoms with Gasteiger partial charge < -0.3 is 0 Å². The van der Waals surface area contributed by atoms with Gasteiger partial charge in [-0.05, 0) is 126 Å². The molecule has 0 amide bonds. The molecule has 2 bridgehead atoms. The van der Waals surface area contributed by atoms with Gasteiger partial charge in [0.25, 0.3) is 12.3 Å². The predicted octanol–water partition coefficient (Wildman–Crippen LogP) is 13.5. The Morgan fingerprint density at radius 2 is 1.04 bits per heavy atom. The third kappa shape index (κ3) is 4.71. The van der Waals surface area contributed by atoms with Crippen LogP contribution in [0.15, 0.2) is 132 Å². The van der Waals surface area contributed by atoms with Gasteiger partial charge in [-0.15, -0.1) is 0 Å². The zero-order chi connectivity index (χ0) is 31.8. The van der Waals surface area contributed by atoms with E-state index in [4.69, 9.17) is 22.9 Å². The molecular weight excluding hydrogens is 869 g/mol. The van der Waals surface area contributed by atoms with Crippen molar-refractivity contribution in [1.29, 1.82) is 0 Å². The van der Waals surface area contributed by atoms with Gasteiger partial charge in [-0.1, -0.05) is 129 Å². The molecular formula is C38H28B2Br4Cl2. The normalized spacial score (nSPS) is 24.0. The number of allylic oxidation sites excluding steroid dienone is 5. The molecule has 2 aliphatic carbocycles. The molecule has 1 spiro atoms. The van der Waals surface area contributed by atoms with Crippen molar-refractivity contribution in [1.82, 2.24) is 0 Å². The highest BCUT2D eigenvalue weighted by Crippen LogP contribution is 2.74. The van der Waals surface area contributed by atoms with Crippen molar-refractivity contribution in [2.45, 2.75) is 49.1 Å². The van der Waals surface area contributed by atoms with Gasteiger partial charge in [0, 0.05) is 28.4 Å². The van der Waals surface area contributed by atoms with Crippen LogP contribution in [0.3, 0.4) is 0 Å². The van der Waals surface area contributed by atoms with Gasteiger partial charge in [0.15, 0.2) is 0 Å². The highest BCUT2D eigenvalue weighted by molar-refractivity contribution is 9.11. The van der Waals surface area contributed by atoms with Crippen LogP contribution < -0.4 is 0 Å². The van der Waals surface area contributed by atoms with Gasteiger partial charge in [-0.3, -0.25) is 0 Å². The van der Waals surface area contributed by atoms with Crippen LogP contribution in [0.1, 0.15) is 60.8 Å². The summed E-state index contributed by atoms with van der Waals surface area (Å²) in [6, 6.07) is 35.5. The molecule has 4 aliphatic rings. The summed E-state index contributed by atoms with van der Waals surface area (Å²) < 4.78 is 4.27. The Bertz CT molecular complexity index is 1950. The fraction of sp³-hybridized carbons (Fsp3) is 0.211. The molecule has 4 aromatic rings. The van der Waals surface area contributed by atoms with Crippen LogP contribution in [0.5, 0.6) is 0 Å². The molecule has 228 valence electrons. The van der Waals surface area contributed by atoms with Gasteiger partial charge in [0.1, 0.15) is 0 Å². The standard InChI is InChI=1S/C38H28B2Br4Cl2/c41-27-14-6-23(7-15-27)34-31-3-1-4-32(31)38(26-12-20-30(44)21-13-26)39(45)36(25-10-18-29(43)19-11-25)33-5-2-22-37(33,40(38)46)35(34)24-8-16-28(42)17-9-24/h6-21H,1-5,22H2/t37-,38-/m0/s1. The van der Waals surface area contributed by atoms with Crippen molar-refractivity contribution in [3.05, 3.63) is 154 Å². The van der Waals surface area contributed by atoms with E-state index in [1.165, 1.54) is 55.6 Å². The van der Waals surface area contributed by atoms with Crippen molar-refractivity contribution in [2.24, 2.45) is 0 Å². The Labute approximate surface area is 315 Å². The second-order valence-electron chi connectivity index (χ2n) is 12.9. The maximum atomic E-state index is 8.38. The highest BCUT2D eigenvalue weighted by atomic mass is 79.9. The maximum Gasteiger partial charge on any atom is 0.292 e. The van der Waals surface area contributed by atoms with Crippen LogP contribution in [0, 0.1) is 0 Å². The number of benzene rings is 4. The first-order valence-electron chi connectivity index (χ1n) is 15.8. The Balaban J connectivity index is 1.59. The summed E-state index contributed by atoms with van der Waals surface area (Å²) in [5.41, 5.74) is 13.1. The summed E-state index contributed by atoms with van der Waals surface area (Å²) in [6.45, 7) is 0. The molecule has 0 saturated heterocycles. The lowest BCUT2D eigenvalue weighted by Gasteiger charge is -2.53. The van der Waals surface area contributed by atoms with Crippen molar-refractivity contribution >= 4 is 116 Å². The number of hydrogen-bond acceptors (Lipinski definition) is 0. The average Bonchev–Trinajstić information content (AvgIpc) is 3.71. The van der Waals surface area contributed by atoms with E-state index in [0.29, 0.717) is 0 Å². The molecule has 2 aliphatic heterocycles. The Morgan fingerprint density at radius 3 is 1.63 bits per heavy atom. The van der Waals surface area contributed by atoms with E-state index in [-0.39, 0.29) is 12.3 Å². The van der Waals surface area contributed by atoms with Crippen molar-refractivity contribution in [2.75, 3.05) is 0 Å². The quantitative estimate of drug-likeness (QED) is 0.179. The first kappa shape index (κ1) is 32.0. The first-order valence-corrected chi connectivity index (χ1v) is 19.8. The second kappa shape index (κ2) is 12.3. The average molecular weight is 897 g/mol. The fourth-order valence-electron chi connectivity index (χ4n) is 9.13. The van der Waals surface area contributed by atoms with E-state index < -0.39 is 10.5 Å². The molecule has 1 fully saturated rings. The molecule has 2 heterocycles. The lowest BCUT2D eigenvalue weighted by molar-refractivity contribution is 0.749. The van der Waals surface area contributed by atoms with E-state index in [0.717, 1.165) is 56.4 Å². The SMILES string of the molecule is ClB1C(c2ccc(Br)cc2)=C2CCC[C@]23B(Cl)[C@@]1(c1ccc(Br)cc1)C1=C(CCC1)C(c1ccc(Br)cc1)=C3c1ccc(Br)cc1. The van der Waals surface area contributed by atoms with Crippen molar-refractivity contribution < 1.29 is 0 Å². The van der Waals surface area contributed by atoms with Crippen LogP contribution >= 0.6 is 86.6 Å². The minimum atomic E-state index is -0.608. The number of rotatable bonds is 4. The largest absolute Gasteiger partial charge is 0.292 e. The molecule has 8 rings (SSSR count). The first-order chi connectivity index (χ1) is 22.3. The molecule has 2 atom stereocenters. The molecule has 0 radical (unpaired) electrons. The third-order valence-electron chi connectivity index (χ3n) is 10.8. The zero-order valence-corrected chi connectivity index (χ0v) is 32.8. The molecule has 8 heteroatoms. The Hall–Kier alpha value is -1.27. The molecule has 0 aromatic heterocycles. The number of hydrogen-bond donors (Lipinski definition) is 0.